The summed E-state index contributed by atoms with van der Waals surface area (Å²) in [7, 11) is 2.16. The average Bonchev–Trinajstić information content (AvgIpc) is 2.55. The van der Waals surface area contributed by atoms with Crippen molar-refractivity contribution in [2.24, 2.45) is 0 Å². The second-order valence-electron chi connectivity index (χ2n) is 4.61. The highest BCUT2D eigenvalue weighted by atomic mass is 15.1. The first-order chi connectivity index (χ1) is 7.61. The van der Waals surface area contributed by atoms with Gasteiger partial charge in [-0.15, -0.1) is 0 Å². The minimum atomic E-state index is 1.02. The van der Waals surface area contributed by atoms with Gasteiger partial charge in [-0.2, -0.15) is 0 Å². The van der Waals surface area contributed by atoms with E-state index < -0.39 is 0 Å². The van der Waals surface area contributed by atoms with Gasteiger partial charge < -0.3 is 9.88 Å². The van der Waals surface area contributed by atoms with Crippen molar-refractivity contribution < 1.29 is 0 Å². The summed E-state index contributed by atoms with van der Waals surface area (Å²) in [5.41, 5.74) is 5.30. The van der Waals surface area contributed by atoms with Gasteiger partial charge in [-0.05, 0) is 45.1 Å². The molecule has 0 aliphatic rings. The second kappa shape index (κ2) is 4.30. The third-order valence-electron chi connectivity index (χ3n) is 3.24. The molecular weight excluding hydrogens is 196 g/mol. The zero-order valence-electron chi connectivity index (χ0n) is 10.6. The predicted octanol–water partition coefficient (Wildman–Crippen LogP) is 3.24. The van der Waals surface area contributed by atoms with Gasteiger partial charge in [0.1, 0.15) is 0 Å². The third-order valence-corrected chi connectivity index (χ3v) is 3.24. The van der Waals surface area contributed by atoms with Crippen LogP contribution in [0.4, 0.5) is 0 Å². The number of rotatable bonds is 3. The molecule has 2 heteroatoms. The summed E-state index contributed by atoms with van der Waals surface area (Å²) in [4.78, 5) is 5.79. The van der Waals surface area contributed by atoms with Crippen LogP contribution in [0.2, 0.25) is 0 Å². The van der Waals surface area contributed by atoms with E-state index in [1.165, 1.54) is 27.7 Å². The van der Waals surface area contributed by atoms with Crippen molar-refractivity contribution in [2.75, 3.05) is 13.6 Å². The van der Waals surface area contributed by atoms with Crippen LogP contribution in [0.15, 0.2) is 18.2 Å². The predicted molar refractivity (Wildman–Crippen MR) is 69.8 cm³/mol. The van der Waals surface area contributed by atoms with E-state index in [2.05, 4.69) is 55.9 Å². The van der Waals surface area contributed by atoms with Crippen LogP contribution in [-0.4, -0.2) is 23.5 Å². The van der Waals surface area contributed by atoms with E-state index in [1.54, 1.807) is 0 Å². The van der Waals surface area contributed by atoms with Crippen LogP contribution in [-0.2, 0) is 6.54 Å². The lowest BCUT2D eigenvalue weighted by molar-refractivity contribution is 0.346. The number of aromatic nitrogens is 1. The Morgan fingerprint density at radius 1 is 1.25 bits per heavy atom. The summed E-state index contributed by atoms with van der Waals surface area (Å²) in [5, 5.41) is 1.37. The van der Waals surface area contributed by atoms with Crippen LogP contribution in [0.3, 0.4) is 0 Å². The lowest BCUT2D eigenvalue weighted by Crippen LogP contribution is -2.17. The molecule has 2 aromatic rings. The van der Waals surface area contributed by atoms with Gasteiger partial charge in [0.25, 0.3) is 0 Å². The van der Waals surface area contributed by atoms with Crippen LogP contribution < -0.4 is 0 Å². The summed E-state index contributed by atoms with van der Waals surface area (Å²) in [5.74, 6) is 0. The standard InChI is InChI=1S/C14H20N2/c1-5-16(4)9-13-11(3)15-14-7-6-10(2)8-12(13)14/h6-8,15H,5,9H2,1-4H3. The molecule has 0 spiro atoms. The maximum atomic E-state index is 3.46. The quantitative estimate of drug-likeness (QED) is 0.834. The van der Waals surface area contributed by atoms with Gasteiger partial charge in [-0.25, -0.2) is 0 Å². The molecule has 2 nitrogen and oxygen atoms in total. The number of fused-ring (bicyclic) bond motifs is 1. The Kier molecular flexibility index (Phi) is 3.01. The molecule has 86 valence electrons. The number of nitrogens with zero attached hydrogens (tertiary/aromatic N) is 1. The molecule has 0 saturated carbocycles. The number of H-pyrrole nitrogens is 1. The Labute approximate surface area is 97.3 Å². The summed E-state index contributed by atoms with van der Waals surface area (Å²) >= 11 is 0. The highest BCUT2D eigenvalue weighted by molar-refractivity contribution is 5.85. The lowest BCUT2D eigenvalue weighted by atomic mass is 10.1. The maximum Gasteiger partial charge on any atom is 0.0459 e. The minimum Gasteiger partial charge on any atom is -0.358 e. The molecule has 0 radical (unpaired) electrons. The number of benzene rings is 1. The first kappa shape index (κ1) is 11.2. The molecule has 0 amide bonds. The van der Waals surface area contributed by atoms with Gasteiger partial charge in [0.05, 0.1) is 0 Å². The largest absolute Gasteiger partial charge is 0.358 e. The van der Waals surface area contributed by atoms with Crippen LogP contribution in [0.5, 0.6) is 0 Å². The summed E-state index contributed by atoms with van der Waals surface area (Å²) in [6.07, 6.45) is 0. The second-order valence-corrected chi connectivity index (χ2v) is 4.61. The van der Waals surface area contributed by atoms with E-state index in [-0.39, 0.29) is 0 Å². The average molecular weight is 216 g/mol. The summed E-state index contributed by atoms with van der Waals surface area (Å²) < 4.78 is 0. The van der Waals surface area contributed by atoms with Crippen molar-refractivity contribution in [1.82, 2.24) is 9.88 Å². The molecule has 2 rings (SSSR count). The Bertz CT molecular complexity index is 497. The summed E-state index contributed by atoms with van der Waals surface area (Å²) in [6, 6.07) is 6.61. The van der Waals surface area contributed by atoms with Crippen LogP contribution in [0, 0.1) is 13.8 Å². The molecule has 0 aliphatic carbocycles. The van der Waals surface area contributed by atoms with E-state index >= 15 is 0 Å². The van der Waals surface area contributed by atoms with Crippen molar-refractivity contribution in [1.29, 1.82) is 0 Å². The van der Waals surface area contributed by atoms with Gasteiger partial charge >= 0.3 is 0 Å². The molecule has 0 unspecified atom stereocenters. The Morgan fingerprint density at radius 2 is 2.00 bits per heavy atom. The Balaban J connectivity index is 2.50. The molecule has 1 heterocycles. The van der Waals surface area contributed by atoms with Crippen LogP contribution in [0.1, 0.15) is 23.7 Å². The van der Waals surface area contributed by atoms with Gasteiger partial charge in [0, 0.05) is 23.1 Å². The fourth-order valence-corrected chi connectivity index (χ4v) is 2.08. The third kappa shape index (κ3) is 1.98. The van der Waals surface area contributed by atoms with E-state index in [0.717, 1.165) is 13.1 Å². The van der Waals surface area contributed by atoms with Crippen LogP contribution >= 0.6 is 0 Å². The molecule has 0 aliphatic heterocycles. The van der Waals surface area contributed by atoms with Gasteiger partial charge in [-0.1, -0.05) is 18.6 Å². The molecule has 1 N–H and O–H groups in total. The molecule has 0 fully saturated rings. The molecule has 0 atom stereocenters. The van der Waals surface area contributed by atoms with Crippen molar-refractivity contribution in [3.63, 3.8) is 0 Å². The van der Waals surface area contributed by atoms with E-state index in [1.807, 2.05) is 0 Å². The van der Waals surface area contributed by atoms with Gasteiger partial charge in [0.15, 0.2) is 0 Å². The van der Waals surface area contributed by atoms with E-state index in [9.17, 15) is 0 Å². The molecule has 1 aromatic heterocycles. The van der Waals surface area contributed by atoms with Gasteiger partial charge in [-0.3, -0.25) is 0 Å². The van der Waals surface area contributed by atoms with Crippen LogP contribution in [0.25, 0.3) is 10.9 Å². The first-order valence-electron chi connectivity index (χ1n) is 5.88. The first-order valence-corrected chi connectivity index (χ1v) is 5.88. The number of nitrogens with one attached hydrogen (secondary N) is 1. The zero-order chi connectivity index (χ0) is 11.7. The van der Waals surface area contributed by atoms with Crippen molar-refractivity contribution in [3.8, 4) is 0 Å². The highest BCUT2D eigenvalue weighted by Crippen LogP contribution is 2.24. The smallest absolute Gasteiger partial charge is 0.0459 e. The van der Waals surface area contributed by atoms with Crippen molar-refractivity contribution in [2.45, 2.75) is 27.3 Å². The van der Waals surface area contributed by atoms with E-state index in [0.29, 0.717) is 0 Å². The summed E-state index contributed by atoms with van der Waals surface area (Å²) in [6.45, 7) is 8.60. The SMILES string of the molecule is CCN(C)Cc1c(C)[nH]c2ccc(C)cc12. The fourth-order valence-electron chi connectivity index (χ4n) is 2.08. The lowest BCUT2D eigenvalue weighted by Gasteiger charge is -2.13. The minimum absolute atomic E-state index is 1.02. The number of aromatic amines is 1. The topological polar surface area (TPSA) is 19.0 Å². The maximum absolute atomic E-state index is 3.46. The van der Waals surface area contributed by atoms with Crippen molar-refractivity contribution >= 4 is 10.9 Å². The molecular formula is C14H20N2. The van der Waals surface area contributed by atoms with Gasteiger partial charge in [0.2, 0.25) is 0 Å². The number of hydrogen-bond donors (Lipinski definition) is 1. The molecule has 1 aromatic carbocycles. The Hall–Kier alpha value is -1.28. The monoisotopic (exact) mass is 216 g/mol. The molecule has 16 heavy (non-hydrogen) atoms. The fraction of sp³-hybridized carbons (Fsp3) is 0.429. The molecule has 0 bridgehead atoms. The Morgan fingerprint density at radius 3 is 2.69 bits per heavy atom. The number of hydrogen-bond acceptors (Lipinski definition) is 1. The normalized spacial score (nSPS) is 11.6. The molecule has 0 saturated heterocycles. The van der Waals surface area contributed by atoms with E-state index in [4.69, 9.17) is 0 Å². The zero-order valence-corrected chi connectivity index (χ0v) is 10.6. The highest BCUT2D eigenvalue weighted by Gasteiger charge is 2.09. The number of aryl methyl sites for hydroxylation is 2. The van der Waals surface area contributed by atoms with Crippen molar-refractivity contribution in [3.05, 3.63) is 35.0 Å².